The van der Waals surface area contributed by atoms with Gasteiger partial charge in [-0.1, -0.05) is 38.5 Å². The first-order valence-electron chi connectivity index (χ1n) is 9.14. The lowest BCUT2D eigenvalue weighted by molar-refractivity contribution is 0.0922. The Kier molecular flexibility index (Phi) is 5.47. The molecule has 0 aromatic carbocycles. The number of hydrogen-bond donors (Lipinski definition) is 2. The Bertz CT molecular complexity index is 534. The molecule has 0 radical (unpaired) electrons. The molecule has 5 nitrogen and oxygen atoms in total. The number of aromatic nitrogens is 2. The Hall–Kier alpha value is -1.65. The Morgan fingerprint density at radius 1 is 0.957 bits per heavy atom. The molecule has 0 atom stereocenters. The molecule has 0 spiro atoms. The van der Waals surface area contributed by atoms with Gasteiger partial charge >= 0.3 is 0 Å². The van der Waals surface area contributed by atoms with Crippen molar-refractivity contribution in [2.45, 2.75) is 83.2 Å². The van der Waals surface area contributed by atoms with Gasteiger partial charge in [0.05, 0.1) is 0 Å². The van der Waals surface area contributed by atoms with Gasteiger partial charge in [0, 0.05) is 18.2 Å². The van der Waals surface area contributed by atoms with E-state index >= 15 is 0 Å². The Morgan fingerprint density at radius 2 is 1.57 bits per heavy atom. The molecule has 2 saturated carbocycles. The predicted molar refractivity (Wildman–Crippen MR) is 91.6 cm³/mol. The molecule has 5 heteroatoms. The second-order valence-corrected chi connectivity index (χ2v) is 6.97. The summed E-state index contributed by atoms with van der Waals surface area (Å²) in [7, 11) is 0. The first-order chi connectivity index (χ1) is 11.2. The summed E-state index contributed by atoms with van der Waals surface area (Å²) in [6, 6.07) is 2.59. The van der Waals surface area contributed by atoms with Crippen LogP contribution in [-0.4, -0.2) is 28.0 Å². The lowest BCUT2D eigenvalue weighted by atomic mass is 9.95. The number of aryl methyl sites for hydroxylation is 1. The van der Waals surface area contributed by atoms with Crippen LogP contribution in [0.3, 0.4) is 0 Å². The number of hydrogen-bond acceptors (Lipinski definition) is 4. The van der Waals surface area contributed by atoms with Gasteiger partial charge in [-0.25, -0.2) is 9.97 Å². The van der Waals surface area contributed by atoms with E-state index in [0.29, 0.717) is 23.6 Å². The van der Waals surface area contributed by atoms with Crippen LogP contribution < -0.4 is 10.6 Å². The molecule has 2 aliphatic rings. The van der Waals surface area contributed by atoms with Gasteiger partial charge in [0.15, 0.2) is 0 Å². The summed E-state index contributed by atoms with van der Waals surface area (Å²) in [4.78, 5) is 21.3. The molecule has 2 N–H and O–H groups in total. The normalized spacial score (nSPS) is 20.2. The van der Waals surface area contributed by atoms with E-state index in [1.165, 1.54) is 51.4 Å². The lowest BCUT2D eigenvalue weighted by Gasteiger charge is -2.24. The molecule has 0 bridgehead atoms. The summed E-state index contributed by atoms with van der Waals surface area (Å²) in [6.45, 7) is 1.85. The van der Waals surface area contributed by atoms with E-state index in [1.54, 1.807) is 6.07 Å². The van der Waals surface area contributed by atoms with Crippen molar-refractivity contribution in [3.05, 3.63) is 17.6 Å². The monoisotopic (exact) mass is 316 g/mol. The fourth-order valence-electron chi connectivity index (χ4n) is 3.72. The van der Waals surface area contributed by atoms with Gasteiger partial charge in [0.1, 0.15) is 17.3 Å². The highest BCUT2D eigenvalue weighted by atomic mass is 16.1. The molecule has 0 aliphatic heterocycles. The molecule has 23 heavy (non-hydrogen) atoms. The number of carbonyl (C=O) groups is 1. The standard InChI is InChI=1S/C18H28N4O/c1-13-19-16(18(23)22-15-10-6-3-7-11-15)12-17(20-13)21-14-8-4-2-5-9-14/h12,14-15H,2-11H2,1H3,(H,22,23)(H,19,20,21). The highest BCUT2D eigenvalue weighted by Gasteiger charge is 2.19. The quantitative estimate of drug-likeness (QED) is 0.891. The molecule has 1 aromatic rings. The smallest absolute Gasteiger partial charge is 0.270 e. The summed E-state index contributed by atoms with van der Waals surface area (Å²) in [6.07, 6.45) is 12.1. The minimum Gasteiger partial charge on any atom is -0.367 e. The molecular weight excluding hydrogens is 288 g/mol. The van der Waals surface area contributed by atoms with E-state index in [1.807, 2.05) is 6.92 Å². The third kappa shape index (κ3) is 4.66. The third-order valence-corrected chi connectivity index (χ3v) is 4.97. The van der Waals surface area contributed by atoms with Crippen LogP contribution in [0.5, 0.6) is 0 Å². The van der Waals surface area contributed by atoms with Crippen LogP contribution >= 0.6 is 0 Å². The van der Waals surface area contributed by atoms with Gasteiger partial charge in [0.25, 0.3) is 5.91 Å². The zero-order valence-electron chi connectivity index (χ0n) is 14.1. The fraction of sp³-hybridized carbons (Fsp3) is 0.722. The average molecular weight is 316 g/mol. The summed E-state index contributed by atoms with van der Waals surface area (Å²) >= 11 is 0. The van der Waals surface area contributed by atoms with E-state index in [2.05, 4.69) is 20.6 Å². The maximum Gasteiger partial charge on any atom is 0.270 e. The van der Waals surface area contributed by atoms with Crippen molar-refractivity contribution in [3.63, 3.8) is 0 Å². The summed E-state index contributed by atoms with van der Waals surface area (Å²) in [5.74, 6) is 1.38. The van der Waals surface area contributed by atoms with Crippen molar-refractivity contribution in [2.24, 2.45) is 0 Å². The van der Waals surface area contributed by atoms with Gasteiger partial charge < -0.3 is 10.6 Å². The van der Waals surface area contributed by atoms with Gasteiger partial charge in [-0.05, 0) is 32.6 Å². The van der Waals surface area contributed by atoms with Gasteiger partial charge in [0.2, 0.25) is 0 Å². The molecule has 1 amide bonds. The zero-order chi connectivity index (χ0) is 16.1. The molecule has 1 aromatic heterocycles. The van der Waals surface area contributed by atoms with Crippen molar-refractivity contribution in [2.75, 3.05) is 5.32 Å². The number of anilines is 1. The zero-order valence-corrected chi connectivity index (χ0v) is 14.1. The number of carbonyl (C=O) groups excluding carboxylic acids is 1. The first kappa shape index (κ1) is 16.2. The lowest BCUT2D eigenvalue weighted by Crippen LogP contribution is -2.36. The van der Waals surface area contributed by atoms with Crippen molar-refractivity contribution >= 4 is 11.7 Å². The van der Waals surface area contributed by atoms with Crippen LogP contribution in [0.2, 0.25) is 0 Å². The number of rotatable bonds is 4. The summed E-state index contributed by atoms with van der Waals surface area (Å²) in [5.41, 5.74) is 0.487. The van der Waals surface area contributed by atoms with Crippen molar-refractivity contribution in [3.8, 4) is 0 Å². The molecule has 1 heterocycles. The van der Waals surface area contributed by atoms with Gasteiger partial charge in [-0.3, -0.25) is 4.79 Å². The predicted octanol–water partition coefficient (Wildman–Crippen LogP) is 3.59. The molecule has 0 unspecified atom stereocenters. The Labute approximate surface area is 138 Å². The number of amides is 1. The van der Waals surface area contributed by atoms with Crippen molar-refractivity contribution in [1.29, 1.82) is 0 Å². The second kappa shape index (κ2) is 7.75. The topological polar surface area (TPSA) is 66.9 Å². The third-order valence-electron chi connectivity index (χ3n) is 4.97. The van der Waals surface area contributed by atoms with Crippen molar-refractivity contribution < 1.29 is 4.79 Å². The Morgan fingerprint density at radius 3 is 2.22 bits per heavy atom. The molecule has 0 saturated heterocycles. The fourth-order valence-corrected chi connectivity index (χ4v) is 3.72. The van der Waals surface area contributed by atoms with Crippen LogP contribution in [0, 0.1) is 6.92 Å². The maximum absolute atomic E-state index is 12.5. The van der Waals surface area contributed by atoms with Gasteiger partial charge in [-0.2, -0.15) is 0 Å². The Balaban J connectivity index is 1.65. The second-order valence-electron chi connectivity index (χ2n) is 6.97. The molecule has 126 valence electrons. The van der Waals surface area contributed by atoms with Gasteiger partial charge in [-0.15, -0.1) is 0 Å². The van der Waals surface area contributed by atoms with Crippen LogP contribution in [0.15, 0.2) is 6.07 Å². The highest BCUT2D eigenvalue weighted by Crippen LogP contribution is 2.21. The molecule has 2 fully saturated rings. The van der Waals surface area contributed by atoms with Crippen molar-refractivity contribution in [1.82, 2.24) is 15.3 Å². The van der Waals surface area contributed by atoms with E-state index in [-0.39, 0.29) is 5.91 Å². The summed E-state index contributed by atoms with van der Waals surface area (Å²) < 4.78 is 0. The first-order valence-corrected chi connectivity index (χ1v) is 9.14. The molecule has 2 aliphatic carbocycles. The molecule has 3 rings (SSSR count). The minimum absolute atomic E-state index is 0.0610. The SMILES string of the molecule is Cc1nc(NC2CCCCC2)cc(C(=O)NC2CCCCC2)n1. The van der Waals surface area contributed by atoms with Crippen LogP contribution in [-0.2, 0) is 0 Å². The van der Waals surface area contributed by atoms with E-state index in [4.69, 9.17) is 0 Å². The highest BCUT2D eigenvalue weighted by molar-refractivity contribution is 5.93. The average Bonchev–Trinajstić information content (AvgIpc) is 2.56. The van der Waals surface area contributed by atoms with Crippen LogP contribution in [0.25, 0.3) is 0 Å². The van der Waals surface area contributed by atoms with E-state index < -0.39 is 0 Å². The number of nitrogens with zero attached hydrogens (tertiary/aromatic N) is 2. The largest absolute Gasteiger partial charge is 0.367 e. The van der Waals surface area contributed by atoms with Crippen LogP contribution in [0.4, 0.5) is 5.82 Å². The summed E-state index contributed by atoms with van der Waals surface area (Å²) in [5, 5.41) is 6.63. The molecular formula is C18H28N4O. The van der Waals surface area contributed by atoms with Crippen LogP contribution in [0.1, 0.15) is 80.5 Å². The van der Waals surface area contributed by atoms with E-state index in [9.17, 15) is 4.79 Å². The maximum atomic E-state index is 12.5. The minimum atomic E-state index is -0.0610. The van der Waals surface area contributed by atoms with E-state index in [0.717, 1.165) is 18.7 Å². The number of nitrogens with one attached hydrogen (secondary N) is 2.